The quantitative estimate of drug-likeness (QED) is 0.834. The largest absolute Gasteiger partial charge is 0.478 e. The molecule has 0 saturated carbocycles. The van der Waals surface area contributed by atoms with Gasteiger partial charge in [0.25, 0.3) is 0 Å². The van der Waals surface area contributed by atoms with E-state index in [0.29, 0.717) is 23.7 Å². The van der Waals surface area contributed by atoms with Gasteiger partial charge in [-0.1, -0.05) is 17.7 Å². The first-order valence-electron chi connectivity index (χ1n) is 6.28. The highest BCUT2D eigenvalue weighted by Gasteiger charge is 2.15. The Morgan fingerprint density at radius 1 is 1.45 bits per heavy atom. The van der Waals surface area contributed by atoms with Gasteiger partial charge in [-0.3, -0.25) is 4.79 Å². The predicted octanol–water partition coefficient (Wildman–Crippen LogP) is 1.76. The summed E-state index contributed by atoms with van der Waals surface area (Å²) in [6.07, 6.45) is 3.37. The average Bonchev–Trinajstić information content (AvgIpc) is 2.62. The van der Waals surface area contributed by atoms with Gasteiger partial charge in [-0.15, -0.1) is 0 Å². The molecule has 0 spiro atoms. The Morgan fingerprint density at radius 3 is 2.95 bits per heavy atom. The first-order valence-corrected chi connectivity index (χ1v) is 6.66. The van der Waals surface area contributed by atoms with Crippen LogP contribution in [0.25, 0.3) is 6.08 Å². The summed E-state index contributed by atoms with van der Waals surface area (Å²) < 4.78 is 0. The molecule has 2 N–H and O–H groups in total. The third kappa shape index (κ3) is 3.74. The molecule has 0 atom stereocenters. The zero-order valence-electron chi connectivity index (χ0n) is 10.8. The highest BCUT2D eigenvalue weighted by molar-refractivity contribution is 6.32. The van der Waals surface area contributed by atoms with Crippen LogP contribution in [-0.4, -0.2) is 36.6 Å². The Morgan fingerprint density at radius 2 is 2.25 bits per heavy atom. The maximum atomic E-state index is 11.5. The SMILES string of the molecule is O=C(O)/C=C/c1ccc(N2CCCNC(=O)C2)cc1Cl. The third-order valence-electron chi connectivity index (χ3n) is 3.02. The van der Waals surface area contributed by atoms with Gasteiger partial charge in [0.15, 0.2) is 0 Å². The van der Waals surface area contributed by atoms with E-state index in [0.717, 1.165) is 24.7 Å². The van der Waals surface area contributed by atoms with Crippen molar-refractivity contribution in [1.82, 2.24) is 5.32 Å². The van der Waals surface area contributed by atoms with E-state index in [1.54, 1.807) is 12.1 Å². The van der Waals surface area contributed by atoms with Crippen molar-refractivity contribution >= 4 is 35.2 Å². The normalized spacial score (nSPS) is 16.1. The Hall–Kier alpha value is -2.01. The van der Waals surface area contributed by atoms with Crippen LogP contribution in [0.4, 0.5) is 5.69 Å². The molecule has 1 amide bonds. The smallest absolute Gasteiger partial charge is 0.328 e. The molecule has 1 fully saturated rings. The van der Waals surface area contributed by atoms with Crippen LogP contribution < -0.4 is 10.2 Å². The van der Waals surface area contributed by atoms with Crippen LogP contribution in [-0.2, 0) is 9.59 Å². The third-order valence-corrected chi connectivity index (χ3v) is 3.34. The van der Waals surface area contributed by atoms with Gasteiger partial charge in [-0.05, 0) is 30.2 Å². The number of amides is 1. The molecule has 1 heterocycles. The topological polar surface area (TPSA) is 69.6 Å². The first kappa shape index (κ1) is 14.4. The molecular formula is C14H15ClN2O3. The lowest BCUT2D eigenvalue weighted by molar-refractivity contribution is -0.131. The molecule has 0 aromatic heterocycles. The second-order valence-electron chi connectivity index (χ2n) is 4.50. The van der Waals surface area contributed by atoms with E-state index in [1.165, 1.54) is 6.08 Å². The van der Waals surface area contributed by atoms with E-state index in [2.05, 4.69) is 5.32 Å². The van der Waals surface area contributed by atoms with Crippen molar-refractivity contribution in [1.29, 1.82) is 0 Å². The number of benzene rings is 1. The minimum absolute atomic E-state index is 0.00604. The number of hydrogen-bond donors (Lipinski definition) is 2. The Bertz CT molecular complexity index is 557. The summed E-state index contributed by atoms with van der Waals surface area (Å²) in [5.41, 5.74) is 1.50. The van der Waals surface area contributed by atoms with Crippen LogP contribution in [0.3, 0.4) is 0 Å². The minimum atomic E-state index is -1.02. The summed E-state index contributed by atoms with van der Waals surface area (Å²) in [7, 11) is 0. The average molecular weight is 295 g/mol. The van der Waals surface area contributed by atoms with Gasteiger partial charge in [-0.2, -0.15) is 0 Å². The number of carbonyl (C=O) groups excluding carboxylic acids is 1. The van der Waals surface area contributed by atoms with Crippen molar-refractivity contribution in [2.24, 2.45) is 0 Å². The van der Waals surface area contributed by atoms with E-state index >= 15 is 0 Å². The van der Waals surface area contributed by atoms with Crippen LogP contribution in [0.15, 0.2) is 24.3 Å². The van der Waals surface area contributed by atoms with Crippen molar-refractivity contribution in [2.45, 2.75) is 6.42 Å². The molecule has 106 valence electrons. The summed E-state index contributed by atoms with van der Waals surface area (Å²) in [6.45, 7) is 1.77. The van der Waals surface area contributed by atoms with Crippen molar-refractivity contribution in [2.75, 3.05) is 24.5 Å². The number of rotatable bonds is 3. The highest BCUT2D eigenvalue weighted by Crippen LogP contribution is 2.25. The van der Waals surface area contributed by atoms with E-state index in [1.807, 2.05) is 11.0 Å². The lowest BCUT2D eigenvalue weighted by Gasteiger charge is -2.21. The zero-order valence-corrected chi connectivity index (χ0v) is 11.6. The summed E-state index contributed by atoms with van der Waals surface area (Å²) in [4.78, 5) is 24.0. The van der Waals surface area contributed by atoms with Crippen LogP contribution in [0.5, 0.6) is 0 Å². The molecule has 1 saturated heterocycles. The van der Waals surface area contributed by atoms with Gasteiger partial charge in [-0.25, -0.2) is 4.79 Å². The molecule has 1 aliphatic heterocycles. The molecule has 2 rings (SSSR count). The van der Waals surface area contributed by atoms with E-state index in [4.69, 9.17) is 16.7 Å². The molecule has 1 aliphatic rings. The molecule has 1 aromatic carbocycles. The summed E-state index contributed by atoms with van der Waals surface area (Å²) in [5.74, 6) is -1.03. The number of hydrogen-bond acceptors (Lipinski definition) is 3. The van der Waals surface area contributed by atoms with Crippen LogP contribution in [0.2, 0.25) is 5.02 Å². The second kappa shape index (κ2) is 6.43. The summed E-state index contributed by atoms with van der Waals surface area (Å²) in [5, 5.41) is 11.9. The molecular weight excluding hydrogens is 280 g/mol. The first-order chi connectivity index (χ1) is 9.56. The monoisotopic (exact) mass is 294 g/mol. The van der Waals surface area contributed by atoms with Crippen molar-refractivity contribution in [3.05, 3.63) is 34.9 Å². The Balaban J connectivity index is 2.19. The lowest BCUT2D eigenvalue weighted by atomic mass is 10.1. The van der Waals surface area contributed by atoms with Crippen LogP contribution in [0.1, 0.15) is 12.0 Å². The van der Waals surface area contributed by atoms with Crippen LogP contribution in [0, 0.1) is 0 Å². The predicted molar refractivity (Wildman–Crippen MR) is 78.0 cm³/mol. The number of nitrogens with one attached hydrogen (secondary N) is 1. The standard InChI is InChI=1S/C14H15ClN2O3/c15-12-8-11(4-2-10(12)3-5-14(19)20)17-7-1-6-16-13(18)9-17/h2-5,8H,1,6-7,9H2,(H,16,18)(H,19,20)/b5-3+. The minimum Gasteiger partial charge on any atom is -0.478 e. The van der Waals surface area contributed by atoms with Gasteiger partial charge in [0.2, 0.25) is 5.91 Å². The summed E-state index contributed by atoms with van der Waals surface area (Å²) in [6, 6.07) is 5.34. The number of nitrogens with zero attached hydrogens (tertiary/aromatic N) is 1. The van der Waals surface area contributed by atoms with E-state index < -0.39 is 5.97 Å². The lowest BCUT2D eigenvalue weighted by Crippen LogP contribution is -2.32. The fourth-order valence-electron chi connectivity index (χ4n) is 2.04. The van der Waals surface area contributed by atoms with Gasteiger partial charge in [0.05, 0.1) is 6.54 Å². The van der Waals surface area contributed by atoms with Gasteiger partial charge >= 0.3 is 5.97 Å². The van der Waals surface area contributed by atoms with Crippen molar-refractivity contribution in [3.8, 4) is 0 Å². The molecule has 5 nitrogen and oxygen atoms in total. The van der Waals surface area contributed by atoms with Crippen molar-refractivity contribution < 1.29 is 14.7 Å². The number of carbonyl (C=O) groups is 2. The molecule has 6 heteroatoms. The number of carboxylic acid groups (broad SMARTS) is 1. The zero-order chi connectivity index (χ0) is 14.5. The van der Waals surface area contributed by atoms with E-state index in [-0.39, 0.29) is 5.91 Å². The number of anilines is 1. The molecule has 0 unspecified atom stereocenters. The summed E-state index contributed by atoms with van der Waals surface area (Å²) >= 11 is 6.14. The number of halogens is 1. The molecule has 0 aliphatic carbocycles. The van der Waals surface area contributed by atoms with Gasteiger partial charge < -0.3 is 15.3 Å². The van der Waals surface area contributed by atoms with Crippen LogP contribution >= 0.6 is 11.6 Å². The fourth-order valence-corrected chi connectivity index (χ4v) is 2.27. The fraction of sp³-hybridized carbons (Fsp3) is 0.286. The van der Waals surface area contributed by atoms with Gasteiger partial charge in [0.1, 0.15) is 0 Å². The second-order valence-corrected chi connectivity index (χ2v) is 4.91. The van der Waals surface area contributed by atoms with E-state index in [9.17, 15) is 9.59 Å². The molecule has 1 aromatic rings. The van der Waals surface area contributed by atoms with Crippen molar-refractivity contribution in [3.63, 3.8) is 0 Å². The number of carboxylic acids is 1. The maximum Gasteiger partial charge on any atom is 0.328 e. The molecule has 0 radical (unpaired) electrons. The Kier molecular flexibility index (Phi) is 4.63. The molecule has 0 bridgehead atoms. The van der Waals surface area contributed by atoms with Gasteiger partial charge in [0, 0.05) is 29.9 Å². The molecule has 20 heavy (non-hydrogen) atoms. The highest BCUT2D eigenvalue weighted by atomic mass is 35.5. The number of aliphatic carboxylic acids is 1. The Labute approximate surface area is 121 Å². The maximum absolute atomic E-state index is 11.5.